The topological polar surface area (TPSA) is 76.7 Å². The highest BCUT2D eigenvalue weighted by atomic mass is 16.5. The van der Waals surface area contributed by atoms with Gasteiger partial charge in [-0.05, 0) is 42.3 Å². The average Bonchev–Trinajstić information content (AvgIpc) is 2.68. The molecule has 1 unspecified atom stereocenters. The fourth-order valence-electron chi connectivity index (χ4n) is 2.85. The van der Waals surface area contributed by atoms with Crippen LogP contribution in [0.25, 0.3) is 0 Å². The summed E-state index contributed by atoms with van der Waals surface area (Å²) in [6.07, 6.45) is 0.573. The largest absolute Gasteiger partial charge is 0.492 e. The molecule has 0 saturated carbocycles. The number of hydrogen-bond donors (Lipinski definition) is 2. The molecule has 2 aromatic rings. The molecule has 6 heteroatoms. The number of anilines is 1. The van der Waals surface area contributed by atoms with E-state index in [1.165, 1.54) is 0 Å². The van der Waals surface area contributed by atoms with Gasteiger partial charge >= 0.3 is 0 Å². The molecule has 26 heavy (non-hydrogen) atoms. The Morgan fingerprint density at radius 1 is 1.19 bits per heavy atom. The molecule has 1 aliphatic rings. The first-order chi connectivity index (χ1) is 12.7. The summed E-state index contributed by atoms with van der Waals surface area (Å²) in [6.45, 7) is 1.30. The summed E-state index contributed by atoms with van der Waals surface area (Å²) in [4.78, 5) is 24.5. The van der Waals surface area contributed by atoms with Gasteiger partial charge in [0.05, 0.1) is 12.5 Å². The van der Waals surface area contributed by atoms with Crippen molar-refractivity contribution in [1.82, 2.24) is 5.32 Å². The highest BCUT2D eigenvalue weighted by Crippen LogP contribution is 2.30. The third kappa shape index (κ3) is 4.40. The van der Waals surface area contributed by atoms with Crippen LogP contribution in [0.4, 0.5) is 5.69 Å². The quantitative estimate of drug-likeness (QED) is 0.780. The normalized spacial score (nSPS) is 15.5. The minimum atomic E-state index is -0.251. The molecule has 1 heterocycles. The van der Waals surface area contributed by atoms with Crippen LogP contribution in [0, 0.1) is 5.92 Å². The second kappa shape index (κ2) is 8.49. The minimum Gasteiger partial charge on any atom is -0.492 e. The first-order valence-corrected chi connectivity index (χ1v) is 8.56. The van der Waals surface area contributed by atoms with Crippen LogP contribution >= 0.6 is 0 Å². The van der Waals surface area contributed by atoms with Gasteiger partial charge in [0.15, 0.2) is 0 Å². The van der Waals surface area contributed by atoms with Crippen LogP contribution in [0.2, 0.25) is 0 Å². The molecule has 0 spiro atoms. The number of ether oxygens (including phenoxy) is 2. The van der Waals surface area contributed by atoms with Crippen molar-refractivity contribution in [3.05, 3.63) is 59.7 Å². The number of fused-ring (bicyclic) bond motifs is 1. The zero-order valence-corrected chi connectivity index (χ0v) is 14.7. The van der Waals surface area contributed by atoms with Gasteiger partial charge in [-0.3, -0.25) is 9.59 Å². The molecule has 2 amide bonds. The molecule has 0 saturated heterocycles. The summed E-state index contributed by atoms with van der Waals surface area (Å²) in [5.41, 5.74) is 2.19. The van der Waals surface area contributed by atoms with Crippen molar-refractivity contribution < 1.29 is 19.1 Å². The third-order valence-electron chi connectivity index (χ3n) is 4.24. The van der Waals surface area contributed by atoms with Crippen LogP contribution in [-0.4, -0.2) is 38.7 Å². The lowest BCUT2D eigenvalue weighted by Gasteiger charge is -2.25. The van der Waals surface area contributed by atoms with Gasteiger partial charge in [0.2, 0.25) is 5.91 Å². The van der Waals surface area contributed by atoms with Crippen LogP contribution < -0.4 is 15.4 Å². The summed E-state index contributed by atoms with van der Waals surface area (Å²) >= 11 is 0. The molecule has 136 valence electrons. The van der Waals surface area contributed by atoms with Gasteiger partial charge in [0.1, 0.15) is 12.4 Å². The number of hydrogen-bond acceptors (Lipinski definition) is 4. The second-order valence-electron chi connectivity index (χ2n) is 6.14. The molecular weight excluding hydrogens is 332 g/mol. The van der Waals surface area contributed by atoms with E-state index < -0.39 is 0 Å². The van der Waals surface area contributed by atoms with Crippen molar-refractivity contribution in [2.45, 2.75) is 6.42 Å². The first kappa shape index (κ1) is 17.9. The molecule has 6 nitrogen and oxygen atoms in total. The van der Waals surface area contributed by atoms with E-state index in [9.17, 15) is 9.59 Å². The molecule has 3 rings (SSSR count). The third-order valence-corrected chi connectivity index (χ3v) is 4.24. The fourth-order valence-corrected chi connectivity index (χ4v) is 2.85. The minimum absolute atomic E-state index is 0.0496. The van der Waals surface area contributed by atoms with Crippen LogP contribution in [0.3, 0.4) is 0 Å². The number of carbonyl (C=O) groups is 2. The van der Waals surface area contributed by atoms with E-state index in [-0.39, 0.29) is 17.7 Å². The van der Waals surface area contributed by atoms with Crippen molar-refractivity contribution in [3.63, 3.8) is 0 Å². The van der Waals surface area contributed by atoms with Crippen molar-refractivity contribution in [2.24, 2.45) is 5.92 Å². The molecule has 0 bridgehead atoms. The molecule has 0 aromatic heterocycles. The Morgan fingerprint density at radius 2 is 2.00 bits per heavy atom. The predicted octanol–water partition coefficient (Wildman–Crippen LogP) is 2.25. The van der Waals surface area contributed by atoms with Crippen LogP contribution in [-0.2, 0) is 16.0 Å². The zero-order valence-electron chi connectivity index (χ0n) is 14.7. The Labute approximate surface area is 152 Å². The summed E-state index contributed by atoms with van der Waals surface area (Å²) < 4.78 is 10.6. The molecule has 2 aromatic carbocycles. The first-order valence-electron chi connectivity index (χ1n) is 8.56. The molecule has 1 atom stereocenters. The van der Waals surface area contributed by atoms with E-state index in [0.29, 0.717) is 37.4 Å². The average molecular weight is 354 g/mol. The van der Waals surface area contributed by atoms with Crippen LogP contribution in [0.15, 0.2) is 48.5 Å². The number of benzene rings is 2. The number of nitrogens with one attached hydrogen (secondary N) is 2. The van der Waals surface area contributed by atoms with Gasteiger partial charge in [-0.2, -0.15) is 0 Å². The van der Waals surface area contributed by atoms with E-state index in [0.717, 1.165) is 11.3 Å². The number of carbonyl (C=O) groups excluding carboxylic acids is 2. The van der Waals surface area contributed by atoms with Gasteiger partial charge < -0.3 is 20.1 Å². The summed E-state index contributed by atoms with van der Waals surface area (Å²) in [5, 5.41) is 5.72. The number of rotatable bonds is 6. The maximum Gasteiger partial charge on any atom is 0.255 e. The number of methoxy groups -OCH3 is 1. The maximum absolute atomic E-state index is 12.3. The van der Waals surface area contributed by atoms with E-state index >= 15 is 0 Å². The zero-order chi connectivity index (χ0) is 18.4. The van der Waals surface area contributed by atoms with Crippen molar-refractivity contribution in [2.75, 3.05) is 32.2 Å². The number of amides is 2. The smallest absolute Gasteiger partial charge is 0.255 e. The molecule has 0 fully saturated rings. The van der Waals surface area contributed by atoms with E-state index in [1.54, 1.807) is 25.3 Å². The Hall–Kier alpha value is -2.86. The van der Waals surface area contributed by atoms with Crippen LogP contribution in [0.1, 0.15) is 15.9 Å². The van der Waals surface area contributed by atoms with Crippen molar-refractivity contribution in [1.29, 1.82) is 0 Å². The lowest BCUT2D eigenvalue weighted by molar-refractivity contribution is -0.126. The van der Waals surface area contributed by atoms with Gasteiger partial charge in [0, 0.05) is 24.9 Å². The second-order valence-corrected chi connectivity index (χ2v) is 6.14. The van der Waals surface area contributed by atoms with E-state index in [2.05, 4.69) is 10.6 Å². The maximum atomic E-state index is 12.3. The SMILES string of the molecule is COCCNC(=O)C1COc2ccc(NC(=O)c3ccccc3)cc2C1. The fraction of sp³-hybridized carbons (Fsp3) is 0.300. The summed E-state index contributed by atoms with van der Waals surface area (Å²) in [7, 11) is 1.59. The standard InChI is InChI=1S/C20H22N2O4/c1-25-10-9-21-19(23)16-11-15-12-17(7-8-18(15)26-13-16)22-20(24)14-5-3-2-4-6-14/h2-8,12,16H,9-11,13H2,1H3,(H,21,23)(H,22,24). The molecular formula is C20H22N2O4. The van der Waals surface area contributed by atoms with Gasteiger partial charge in [-0.1, -0.05) is 18.2 Å². The van der Waals surface area contributed by atoms with E-state index in [1.807, 2.05) is 30.3 Å². The Kier molecular flexibility index (Phi) is 5.86. The van der Waals surface area contributed by atoms with Crippen molar-refractivity contribution in [3.8, 4) is 5.75 Å². The highest BCUT2D eigenvalue weighted by Gasteiger charge is 2.26. The summed E-state index contributed by atoms with van der Waals surface area (Å²) in [5.74, 6) is 0.283. The monoisotopic (exact) mass is 354 g/mol. The Morgan fingerprint density at radius 3 is 2.77 bits per heavy atom. The Balaban J connectivity index is 1.65. The van der Waals surface area contributed by atoms with Gasteiger partial charge in [0.25, 0.3) is 5.91 Å². The Bertz CT molecular complexity index is 777. The molecule has 2 N–H and O–H groups in total. The van der Waals surface area contributed by atoms with E-state index in [4.69, 9.17) is 9.47 Å². The van der Waals surface area contributed by atoms with Crippen molar-refractivity contribution >= 4 is 17.5 Å². The van der Waals surface area contributed by atoms with Gasteiger partial charge in [-0.15, -0.1) is 0 Å². The lowest BCUT2D eigenvalue weighted by atomic mass is 9.95. The highest BCUT2D eigenvalue weighted by molar-refractivity contribution is 6.04. The van der Waals surface area contributed by atoms with Crippen LogP contribution in [0.5, 0.6) is 5.75 Å². The molecule has 1 aliphatic heterocycles. The molecule has 0 radical (unpaired) electrons. The lowest BCUT2D eigenvalue weighted by Crippen LogP contribution is -2.38. The molecule has 0 aliphatic carbocycles. The summed E-state index contributed by atoms with van der Waals surface area (Å²) in [6, 6.07) is 14.5. The predicted molar refractivity (Wildman–Crippen MR) is 98.4 cm³/mol. The van der Waals surface area contributed by atoms with Gasteiger partial charge in [-0.25, -0.2) is 0 Å².